The topological polar surface area (TPSA) is 0 Å². The Morgan fingerprint density at radius 2 is 1.89 bits per heavy atom. The first-order valence-corrected chi connectivity index (χ1v) is 4.64. The summed E-state index contributed by atoms with van der Waals surface area (Å²) in [5.41, 5.74) is 0.520. The highest BCUT2D eigenvalue weighted by molar-refractivity contribution is 8.07. The molecule has 1 aliphatic rings. The smallest absolute Gasteiger partial charge is 0.0296 e. The molecule has 0 bridgehead atoms. The van der Waals surface area contributed by atoms with E-state index in [4.69, 9.17) is 0 Å². The molecule has 0 aromatic carbocycles. The Morgan fingerprint density at radius 1 is 1.44 bits per heavy atom. The average Bonchev–Trinajstić information content (AvgIpc) is 2.40. The van der Waals surface area contributed by atoms with Crippen LogP contribution < -0.4 is 0 Å². The summed E-state index contributed by atoms with van der Waals surface area (Å²) in [6.07, 6.45) is 1.33. The lowest BCUT2D eigenvalue weighted by Crippen LogP contribution is -2.27. The second-order valence-electron chi connectivity index (χ2n) is 3.89. The molecule has 0 saturated carbocycles. The normalized spacial score (nSPS) is 34.7. The van der Waals surface area contributed by atoms with Gasteiger partial charge in [0.15, 0.2) is 0 Å². The third kappa shape index (κ3) is 1.12. The van der Waals surface area contributed by atoms with Crippen LogP contribution in [0.5, 0.6) is 0 Å². The van der Waals surface area contributed by atoms with Gasteiger partial charge in [-0.3, -0.25) is 0 Å². The van der Waals surface area contributed by atoms with Gasteiger partial charge in [-0.25, -0.2) is 0 Å². The van der Waals surface area contributed by atoms with E-state index < -0.39 is 0 Å². The summed E-state index contributed by atoms with van der Waals surface area (Å²) in [6, 6.07) is 0. The summed E-state index contributed by atoms with van der Waals surface area (Å²) in [5.74, 6) is 1.38. The van der Waals surface area contributed by atoms with Gasteiger partial charge in [0.25, 0.3) is 0 Å². The van der Waals surface area contributed by atoms with Gasteiger partial charge in [0, 0.05) is 10.5 Å². The minimum atomic E-state index is 0.520. The largest absolute Gasteiger partial charge is 0.152 e. The van der Waals surface area contributed by atoms with Gasteiger partial charge in [0.05, 0.1) is 0 Å². The van der Waals surface area contributed by atoms with Crippen molar-refractivity contribution < 1.29 is 0 Å². The van der Waals surface area contributed by atoms with E-state index in [1.807, 2.05) is 0 Å². The van der Waals surface area contributed by atoms with Crippen LogP contribution in [0, 0.1) is 5.41 Å². The van der Waals surface area contributed by atoms with Gasteiger partial charge >= 0.3 is 0 Å². The van der Waals surface area contributed by atoms with Crippen molar-refractivity contribution in [3.05, 3.63) is 0 Å². The summed E-state index contributed by atoms with van der Waals surface area (Å²) in [6.45, 7) is 9.33. The van der Waals surface area contributed by atoms with Gasteiger partial charge in [0.2, 0.25) is 0 Å². The van der Waals surface area contributed by atoms with Crippen LogP contribution in [-0.4, -0.2) is 10.5 Å². The lowest BCUT2D eigenvalue weighted by atomic mass is 9.80. The Balaban J connectivity index is 2.60. The molecule has 1 heterocycles. The second kappa shape index (κ2) is 1.91. The molecular weight excluding hydrogens is 128 g/mol. The lowest BCUT2D eigenvalue weighted by molar-refractivity contribution is 0.325. The Labute approximate surface area is 62.4 Å². The predicted molar refractivity (Wildman–Crippen MR) is 44.9 cm³/mol. The van der Waals surface area contributed by atoms with Crippen LogP contribution in [0.4, 0.5) is 0 Å². The van der Waals surface area contributed by atoms with Gasteiger partial charge in [0.1, 0.15) is 0 Å². The van der Waals surface area contributed by atoms with Crippen LogP contribution in [0.1, 0.15) is 34.1 Å². The van der Waals surface area contributed by atoms with E-state index in [9.17, 15) is 0 Å². The Morgan fingerprint density at radius 3 is 1.89 bits per heavy atom. The number of rotatable bonds is 1. The fourth-order valence-electron chi connectivity index (χ4n) is 1.25. The van der Waals surface area contributed by atoms with Crippen molar-refractivity contribution in [3.8, 4) is 0 Å². The molecule has 1 atom stereocenters. The molecule has 9 heavy (non-hydrogen) atoms. The number of hydrogen-bond acceptors (Lipinski definition) is 1. The van der Waals surface area contributed by atoms with Gasteiger partial charge in [-0.05, 0) is 11.8 Å². The van der Waals surface area contributed by atoms with Crippen molar-refractivity contribution in [2.75, 3.05) is 5.75 Å². The highest BCUT2D eigenvalue weighted by atomic mass is 32.2. The van der Waals surface area contributed by atoms with E-state index in [-0.39, 0.29) is 0 Å². The van der Waals surface area contributed by atoms with Crippen molar-refractivity contribution in [2.45, 2.75) is 38.9 Å². The first-order valence-electron chi connectivity index (χ1n) is 3.66. The van der Waals surface area contributed by atoms with Crippen molar-refractivity contribution in [3.63, 3.8) is 0 Å². The van der Waals surface area contributed by atoms with Crippen LogP contribution in [0.3, 0.4) is 0 Å². The first-order chi connectivity index (χ1) is 4.02. The molecular formula is C8H16S. The quantitative estimate of drug-likeness (QED) is 0.510. The summed E-state index contributed by atoms with van der Waals surface area (Å²) in [5, 5.41) is 0. The van der Waals surface area contributed by atoms with Crippen LogP contribution in [0.2, 0.25) is 0 Å². The molecule has 0 aromatic heterocycles. The molecule has 0 radical (unpaired) electrons. The standard InChI is InChI=1S/C8H16S/c1-5-8(6-9-8)7(2,3)4/h5-6H2,1-4H3. The van der Waals surface area contributed by atoms with Gasteiger partial charge in [-0.2, -0.15) is 11.8 Å². The molecule has 0 aromatic rings. The molecule has 1 saturated heterocycles. The third-order valence-electron chi connectivity index (χ3n) is 2.43. The van der Waals surface area contributed by atoms with Crippen LogP contribution in [0.25, 0.3) is 0 Å². The fraction of sp³-hybridized carbons (Fsp3) is 1.00. The summed E-state index contributed by atoms with van der Waals surface area (Å²) in [4.78, 5) is 0. The molecule has 1 fully saturated rings. The monoisotopic (exact) mass is 144 g/mol. The Hall–Kier alpha value is 0.350. The van der Waals surface area contributed by atoms with Crippen molar-refractivity contribution in [1.29, 1.82) is 0 Å². The Bertz CT molecular complexity index is 106. The SMILES string of the molecule is CCC1(C(C)(C)C)CS1. The van der Waals surface area contributed by atoms with Crippen LogP contribution in [-0.2, 0) is 0 Å². The molecule has 54 valence electrons. The van der Waals surface area contributed by atoms with Crippen molar-refractivity contribution in [2.24, 2.45) is 5.41 Å². The molecule has 0 amide bonds. The number of thioether (sulfide) groups is 1. The summed E-state index contributed by atoms with van der Waals surface area (Å²) < 4.78 is 0.646. The molecule has 1 aliphatic heterocycles. The van der Waals surface area contributed by atoms with E-state index in [1.54, 1.807) is 0 Å². The van der Waals surface area contributed by atoms with E-state index >= 15 is 0 Å². The lowest BCUT2D eigenvalue weighted by Gasteiger charge is -2.27. The maximum absolute atomic E-state index is 2.34. The summed E-state index contributed by atoms with van der Waals surface area (Å²) >= 11 is 2.12. The van der Waals surface area contributed by atoms with E-state index in [0.29, 0.717) is 10.2 Å². The van der Waals surface area contributed by atoms with Crippen LogP contribution >= 0.6 is 11.8 Å². The summed E-state index contributed by atoms with van der Waals surface area (Å²) in [7, 11) is 0. The zero-order chi connectivity index (χ0) is 7.12. The highest BCUT2D eigenvalue weighted by Gasteiger charge is 2.51. The molecule has 0 nitrogen and oxygen atoms in total. The first kappa shape index (κ1) is 7.46. The van der Waals surface area contributed by atoms with E-state index in [0.717, 1.165) is 0 Å². The molecule has 1 heteroatoms. The van der Waals surface area contributed by atoms with E-state index in [2.05, 4.69) is 39.5 Å². The number of hydrogen-bond donors (Lipinski definition) is 0. The maximum Gasteiger partial charge on any atom is 0.0296 e. The molecule has 1 unspecified atom stereocenters. The predicted octanol–water partition coefficient (Wildman–Crippen LogP) is 2.93. The van der Waals surface area contributed by atoms with E-state index in [1.165, 1.54) is 12.2 Å². The Kier molecular flexibility index (Phi) is 1.59. The van der Waals surface area contributed by atoms with Gasteiger partial charge < -0.3 is 0 Å². The molecule has 0 aliphatic carbocycles. The minimum Gasteiger partial charge on any atom is -0.152 e. The molecule has 0 spiro atoms. The minimum absolute atomic E-state index is 0.520. The van der Waals surface area contributed by atoms with Crippen molar-refractivity contribution >= 4 is 11.8 Å². The molecule has 0 N–H and O–H groups in total. The van der Waals surface area contributed by atoms with Crippen LogP contribution in [0.15, 0.2) is 0 Å². The maximum atomic E-state index is 2.34. The zero-order valence-corrected chi connectivity index (χ0v) is 7.64. The highest BCUT2D eigenvalue weighted by Crippen LogP contribution is 2.58. The fourth-order valence-corrected chi connectivity index (χ4v) is 2.70. The zero-order valence-electron chi connectivity index (χ0n) is 6.82. The third-order valence-corrected chi connectivity index (χ3v) is 4.32. The van der Waals surface area contributed by atoms with Gasteiger partial charge in [-0.1, -0.05) is 27.7 Å². The second-order valence-corrected chi connectivity index (χ2v) is 5.25. The average molecular weight is 144 g/mol. The van der Waals surface area contributed by atoms with Gasteiger partial charge in [-0.15, -0.1) is 0 Å². The van der Waals surface area contributed by atoms with Crippen molar-refractivity contribution in [1.82, 2.24) is 0 Å². The molecule has 1 rings (SSSR count).